The first-order chi connectivity index (χ1) is 9.15. The zero-order valence-corrected chi connectivity index (χ0v) is 10.5. The van der Waals surface area contributed by atoms with E-state index in [1.807, 2.05) is 0 Å². The van der Waals surface area contributed by atoms with Gasteiger partial charge in [-0.3, -0.25) is 4.79 Å². The van der Waals surface area contributed by atoms with E-state index in [1.54, 1.807) is 11.4 Å². The fraction of sp³-hybridized carbons (Fsp3) is 0.0833. The van der Waals surface area contributed by atoms with Crippen LogP contribution in [0.5, 0.6) is 0 Å². The monoisotopic (exact) mass is 276 g/mol. The normalized spacial score (nSPS) is 9.95. The summed E-state index contributed by atoms with van der Waals surface area (Å²) in [6.07, 6.45) is 0. The van der Waals surface area contributed by atoms with Gasteiger partial charge in [-0.15, -0.1) is 11.3 Å². The highest BCUT2D eigenvalue weighted by molar-refractivity contribution is 7.09. The number of benzene rings is 1. The molecule has 0 aliphatic heterocycles. The summed E-state index contributed by atoms with van der Waals surface area (Å²) in [6.45, 7) is 0.251. The number of halogens is 1. The molecular weight excluding hydrogens is 267 g/mol. The molecule has 0 saturated heterocycles. The molecule has 3 N–H and O–H groups in total. The molecule has 2 aromatic rings. The summed E-state index contributed by atoms with van der Waals surface area (Å²) in [7, 11) is 0. The second kappa shape index (κ2) is 5.56. The molecule has 0 saturated carbocycles. The highest BCUT2D eigenvalue weighted by Crippen LogP contribution is 2.19. The molecule has 0 unspecified atom stereocenters. The zero-order valence-electron chi connectivity index (χ0n) is 9.68. The fourth-order valence-corrected chi connectivity index (χ4v) is 2.09. The van der Waals surface area contributed by atoms with Crippen molar-refractivity contribution in [3.8, 4) is 6.07 Å². The average molecular weight is 276 g/mol. The lowest BCUT2D eigenvalue weighted by Gasteiger charge is -2.05. The van der Waals surface area contributed by atoms with Gasteiger partial charge in [-0.05, 0) is 12.1 Å². The SMILES string of the molecule is N#Cc1c(F)cccc1NC(=O)c1csc(CN)n1. The number of anilines is 1. The summed E-state index contributed by atoms with van der Waals surface area (Å²) < 4.78 is 13.4. The Morgan fingerprint density at radius 3 is 3.00 bits per heavy atom. The van der Waals surface area contributed by atoms with Crippen molar-refractivity contribution in [2.45, 2.75) is 6.54 Å². The van der Waals surface area contributed by atoms with Crippen LogP contribution in [-0.4, -0.2) is 10.9 Å². The van der Waals surface area contributed by atoms with Gasteiger partial charge in [0.05, 0.1) is 5.69 Å². The predicted octanol–water partition coefficient (Wildman–Crippen LogP) is 1.86. The van der Waals surface area contributed by atoms with E-state index in [9.17, 15) is 9.18 Å². The Hall–Kier alpha value is -2.30. The molecule has 0 radical (unpaired) electrons. The lowest BCUT2D eigenvalue weighted by Crippen LogP contribution is -2.14. The van der Waals surface area contributed by atoms with Crippen molar-refractivity contribution >= 4 is 22.9 Å². The molecule has 2 rings (SSSR count). The van der Waals surface area contributed by atoms with Crippen LogP contribution in [0.15, 0.2) is 23.6 Å². The molecule has 0 aliphatic carbocycles. The maximum absolute atomic E-state index is 13.4. The van der Waals surface area contributed by atoms with Crippen molar-refractivity contribution in [3.63, 3.8) is 0 Å². The first-order valence-corrected chi connectivity index (χ1v) is 6.18. The molecule has 0 atom stereocenters. The summed E-state index contributed by atoms with van der Waals surface area (Å²) in [4.78, 5) is 15.9. The van der Waals surface area contributed by atoms with Crippen LogP contribution >= 0.6 is 11.3 Å². The van der Waals surface area contributed by atoms with Crippen LogP contribution in [0.25, 0.3) is 0 Å². The van der Waals surface area contributed by atoms with Crippen LogP contribution < -0.4 is 11.1 Å². The molecule has 0 spiro atoms. The first kappa shape index (κ1) is 13.1. The van der Waals surface area contributed by atoms with E-state index < -0.39 is 11.7 Å². The highest BCUT2D eigenvalue weighted by atomic mass is 32.1. The molecule has 0 fully saturated rings. The van der Waals surface area contributed by atoms with E-state index in [1.165, 1.54) is 23.5 Å². The summed E-state index contributed by atoms with van der Waals surface area (Å²) in [5.41, 5.74) is 5.51. The van der Waals surface area contributed by atoms with Crippen molar-refractivity contribution in [2.75, 3.05) is 5.32 Å². The molecule has 1 aromatic carbocycles. The van der Waals surface area contributed by atoms with Crippen LogP contribution in [0, 0.1) is 17.1 Å². The molecule has 19 heavy (non-hydrogen) atoms. The topological polar surface area (TPSA) is 91.8 Å². The summed E-state index contributed by atoms with van der Waals surface area (Å²) in [5.74, 6) is -1.18. The van der Waals surface area contributed by atoms with Gasteiger partial charge in [0.25, 0.3) is 5.91 Å². The van der Waals surface area contributed by atoms with E-state index in [0.29, 0.717) is 5.01 Å². The number of carbonyl (C=O) groups excluding carboxylic acids is 1. The van der Waals surface area contributed by atoms with Crippen molar-refractivity contribution in [2.24, 2.45) is 5.73 Å². The molecule has 96 valence electrons. The number of nitrogens with one attached hydrogen (secondary N) is 1. The van der Waals surface area contributed by atoms with Gasteiger partial charge in [-0.25, -0.2) is 9.37 Å². The van der Waals surface area contributed by atoms with E-state index in [-0.39, 0.29) is 23.5 Å². The second-order valence-corrected chi connectivity index (χ2v) is 4.50. The van der Waals surface area contributed by atoms with Gasteiger partial charge in [0.1, 0.15) is 28.2 Å². The van der Waals surface area contributed by atoms with E-state index in [0.717, 1.165) is 6.07 Å². The average Bonchev–Trinajstić information content (AvgIpc) is 2.88. The second-order valence-electron chi connectivity index (χ2n) is 3.56. The number of amides is 1. The first-order valence-electron chi connectivity index (χ1n) is 5.30. The van der Waals surface area contributed by atoms with E-state index in [2.05, 4.69) is 10.3 Å². The molecule has 7 heteroatoms. The van der Waals surface area contributed by atoms with Crippen LogP contribution in [0.3, 0.4) is 0 Å². The number of thiazole rings is 1. The molecular formula is C12H9FN4OS. The number of nitriles is 1. The number of carbonyl (C=O) groups is 1. The third kappa shape index (κ3) is 2.76. The Labute approximate surface area is 112 Å². The smallest absolute Gasteiger partial charge is 0.275 e. The largest absolute Gasteiger partial charge is 0.325 e. The molecule has 0 aliphatic rings. The van der Waals surface area contributed by atoms with Crippen LogP contribution in [0.2, 0.25) is 0 Å². The fourth-order valence-electron chi connectivity index (χ4n) is 1.44. The van der Waals surface area contributed by atoms with E-state index >= 15 is 0 Å². The number of nitrogens with two attached hydrogens (primary N) is 1. The van der Waals surface area contributed by atoms with Crippen LogP contribution in [0.4, 0.5) is 10.1 Å². The third-order valence-corrected chi connectivity index (χ3v) is 3.20. The van der Waals surface area contributed by atoms with Gasteiger partial charge >= 0.3 is 0 Å². The number of nitrogens with zero attached hydrogens (tertiary/aromatic N) is 2. The van der Waals surface area contributed by atoms with Gasteiger partial charge in [-0.2, -0.15) is 5.26 Å². The quantitative estimate of drug-likeness (QED) is 0.895. The minimum Gasteiger partial charge on any atom is -0.325 e. The lowest BCUT2D eigenvalue weighted by molar-refractivity contribution is 0.102. The summed E-state index contributed by atoms with van der Waals surface area (Å²) >= 11 is 1.27. The molecule has 0 bridgehead atoms. The highest BCUT2D eigenvalue weighted by Gasteiger charge is 2.14. The Morgan fingerprint density at radius 2 is 2.37 bits per heavy atom. The van der Waals surface area contributed by atoms with Gasteiger partial charge < -0.3 is 11.1 Å². The number of hydrogen-bond acceptors (Lipinski definition) is 5. The van der Waals surface area contributed by atoms with Gasteiger partial charge in [-0.1, -0.05) is 6.07 Å². The maximum atomic E-state index is 13.4. The molecule has 1 aromatic heterocycles. The number of aromatic nitrogens is 1. The summed E-state index contributed by atoms with van der Waals surface area (Å²) in [5, 5.41) is 13.5. The lowest BCUT2D eigenvalue weighted by atomic mass is 10.2. The van der Waals surface area contributed by atoms with Gasteiger partial charge in [0.2, 0.25) is 0 Å². The van der Waals surface area contributed by atoms with Crippen molar-refractivity contribution < 1.29 is 9.18 Å². The van der Waals surface area contributed by atoms with Crippen LogP contribution in [0.1, 0.15) is 21.1 Å². The number of rotatable bonds is 3. The molecule has 1 amide bonds. The minimum atomic E-state index is -0.679. The Kier molecular flexibility index (Phi) is 3.85. The van der Waals surface area contributed by atoms with Crippen molar-refractivity contribution in [3.05, 3.63) is 45.7 Å². The standard InChI is InChI=1S/C12H9FN4OS/c13-8-2-1-3-9(7(8)4-14)17-12(18)10-6-19-11(5-15)16-10/h1-3,6H,5,15H2,(H,17,18). The molecule has 1 heterocycles. The Balaban J connectivity index is 2.24. The molecule has 5 nitrogen and oxygen atoms in total. The Morgan fingerprint density at radius 1 is 1.58 bits per heavy atom. The zero-order chi connectivity index (χ0) is 13.8. The number of hydrogen-bond donors (Lipinski definition) is 2. The van der Waals surface area contributed by atoms with Crippen LogP contribution in [-0.2, 0) is 6.54 Å². The minimum absolute atomic E-state index is 0.120. The van der Waals surface area contributed by atoms with Gasteiger partial charge in [0, 0.05) is 11.9 Å². The van der Waals surface area contributed by atoms with Gasteiger partial charge in [0.15, 0.2) is 0 Å². The maximum Gasteiger partial charge on any atom is 0.275 e. The van der Waals surface area contributed by atoms with E-state index in [4.69, 9.17) is 11.0 Å². The van der Waals surface area contributed by atoms with Crippen molar-refractivity contribution in [1.82, 2.24) is 4.98 Å². The summed E-state index contributed by atoms with van der Waals surface area (Å²) in [6, 6.07) is 5.73. The predicted molar refractivity (Wildman–Crippen MR) is 69.1 cm³/mol. The Bertz CT molecular complexity index is 662. The third-order valence-electron chi connectivity index (χ3n) is 2.33. The van der Waals surface area contributed by atoms with Crippen molar-refractivity contribution in [1.29, 1.82) is 5.26 Å².